The van der Waals surface area contributed by atoms with E-state index in [2.05, 4.69) is 16.3 Å². The third-order valence-electron chi connectivity index (χ3n) is 7.57. The minimum atomic E-state index is -0.0723. The van der Waals surface area contributed by atoms with Gasteiger partial charge in [0.15, 0.2) is 0 Å². The number of fused-ring (bicyclic) bond motifs is 3. The van der Waals surface area contributed by atoms with Gasteiger partial charge in [-0.1, -0.05) is 18.2 Å². The maximum absolute atomic E-state index is 13.5. The van der Waals surface area contributed by atoms with E-state index >= 15 is 0 Å². The van der Waals surface area contributed by atoms with Crippen molar-refractivity contribution in [1.29, 1.82) is 0 Å². The Bertz CT molecular complexity index is 1080. The van der Waals surface area contributed by atoms with Crippen molar-refractivity contribution in [3.05, 3.63) is 53.6 Å². The lowest BCUT2D eigenvalue weighted by molar-refractivity contribution is -0.140. The summed E-state index contributed by atoms with van der Waals surface area (Å²) in [6, 6.07) is 13.8. The molecule has 0 saturated carbocycles. The molecule has 0 aromatic heterocycles. The van der Waals surface area contributed by atoms with Crippen LogP contribution in [-0.2, 0) is 9.53 Å². The monoisotopic (exact) mass is 463 g/mol. The average molecular weight is 464 g/mol. The van der Waals surface area contributed by atoms with Crippen LogP contribution in [0.1, 0.15) is 41.2 Å². The molecule has 2 N–H and O–H groups in total. The number of nitrogens with one attached hydrogen (secondary N) is 1. The number of benzene rings is 2. The number of nitrogens with zero attached hydrogens (tertiary/aromatic N) is 2. The molecular weight excluding hydrogens is 430 g/mol. The van der Waals surface area contributed by atoms with E-state index in [1.807, 2.05) is 36.4 Å². The Kier molecular flexibility index (Phi) is 6.32. The predicted octanol–water partition coefficient (Wildman–Crippen LogP) is 3.16. The first kappa shape index (κ1) is 22.9. The molecule has 2 saturated heterocycles. The van der Waals surface area contributed by atoms with Gasteiger partial charge in [0, 0.05) is 56.9 Å². The van der Waals surface area contributed by atoms with Crippen LogP contribution in [0.4, 0.5) is 5.69 Å². The van der Waals surface area contributed by atoms with Crippen molar-refractivity contribution in [3.8, 4) is 11.1 Å². The molecule has 7 heteroatoms. The van der Waals surface area contributed by atoms with Crippen LogP contribution in [0, 0.1) is 11.8 Å². The van der Waals surface area contributed by atoms with Crippen LogP contribution < -0.4 is 5.32 Å². The number of carbonyl (C=O) groups is 2. The van der Waals surface area contributed by atoms with Crippen molar-refractivity contribution in [2.75, 3.05) is 45.8 Å². The summed E-state index contributed by atoms with van der Waals surface area (Å²) in [6.07, 6.45) is 2.41. The summed E-state index contributed by atoms with van der Waals surface area (Å²) in [5.74, 6) is 0.356. The van der Waals surface area contributed by atoms with Gasteiger partial charge in [-0.25, -0.2) is 0 Å². The SMILES string of the molecule is CN(C)C(=O)c1cccc(-c2ccc3c(c2)[C@H]2[C@H](CCN2C(=O)C2CCOCC2)[C@H](CO)N3)c1. The zero-order chi connectivity index (χ0) is 23.8. The standard InChI is InChI=1S/C27H33N3O4/c1-29(2)26(32)20-5-3-4-18(14-20)19-6-7-23-22(15-19)25-21(24(16-31)28-23)8-11-30(25)27(33)17-9-12-34-13-10-17/h3-7,14-15,17,21,24-25,28,31H,8-13,16H2,1-2H3/t21-,24+,25-/m1/s1. The Hall–Kier alpha value is -2.90. The molecule has 0 radical (unpaired) electrons. The topological polar surface area (TPSA) is 82.1 Å². The Morgan fingerprint density at radius 1 is 1.09 bits per heavy atom. The van der Waals surface area contributed by atoms with E-state index in [1.54, 1.807) is 19.0 Å². The molecule has 3 heterocycles. The van der Waals surface area contributed by atoms with Gasteiger partial charge in [0.1, 0.15) is 0 Å². The van der Waals surface area contributed by atoms with Gasteiger partial charge in [0.2, 0.25) is 5.91 Å². The number of aliphatic hydroxyl groups excluding tert-OH is 1. The van der Waals surface area contributed by atoms with Gasteiger partial charge in [-0.2, -0.15) is 0 Å². The van der Waals surface area contributed by atoms with E-state index in [1.165, 1.54) is 0 Å². The van der Waals surface area contributed by atoms with Gasteiger partial charge in [0.25, 0.3) is 5.91 Å². The molecule has 34 heavy (non-hydrogen) atoms. The largest absolute Gasteiger partial charge is 0.394 e. The quantitative estimate of drug-likeness (QED) is 0.728. The van der Waals surface area contributed by atoms with Crippen LogP contribution in [0.5, 0.6) is 0 Å². The van der Waals surface area contributed by atoms with Crippen LogP contribution in [0.2, 0.25) is 0 Å². The number of amides is 2. The van der Waals surface area contributed by atoms with Crippen molar-refractivity contribution < 1.29 is 19.4 Å². The molecule has 180 valence electrons. The fourth-order valence-corrected chi connectivity index (χ4v) is 5.76. The average Bonchev–Trinajstić information content (AvgIpc) is 3.33. The number of ether oxygens (including phenoxy) is 1. The Labute approximate surface area is 200 Å². The number of rotatable bonds is 4. The molecule has 7 nitrogen and oxygen atoms in total. The van der Waals surface area contributed by atoms with Crippen molar-refractivity contribution in [2.24, 2.45) is 11.8 Å². The van der Waals surface area contributed by atoms with E-state index in [-0.39, 0.29) is 42.3 Å². The smallest absolute Gasteiger partial charge is 0.253 e. The summed E-state index contributed by atoms with van der Waals surface area (Å²) >= 11 is 0. The highest BCUT2D eigenvalue weighted by Crippen LogP contribution is 2.48. The fourth-order valence-electron chi connectivity index (χ4n) is 5.76. The van der Waals surface area contributed by atoms with Gasteiger partial charge in [-0.05, 0) is 60.2 Å². The van der Waals surface area contributed by atoms with Crippen LogP contribution in [0.25, 0.3) is 11.1 Å². The lowest BCUT2D eigenvalue weighted by Gasteiger charge is -2.40. The predicted molar refractivity (Wildman–Crippen MR) is 130 cm³/mol. The number of likely N-dealkylation sites (tertiary alicyclic amines) is 1. The molecule has 3 atom stereocenters. The number of anilines is 1. The highest BCUT2D eigenvalue weighted by Gasteiger charge is 2.46. The Morgan fingerprint density at radius 2 is 1.85 bits per heavy atom. The van der Waals surface area contributed by atoms with Crippen molar-refractivity contribution in [3.63, 3.8) is 0 Å². The fraction of sp³-hybridized carbons (Fsp3) is 0.481. The van der Waals surface area contributed by atoms with Gasteiger partial charge < -0.3 is 25.0 Å². The number of hydrogen-bond donors (Lipinski definition) is 2. The third-order valence-corrected chi connectivity index (χ3v) is 7.57. The second-order valence-electron chi connectivity index (χ2n) is 9.83. The lowest BCUT2D eigenvalue weighted by Crippen LogP contribution is -2.44. The molecule has 0 aliphatic carbocycles. The molecule has 2 fully saturated rings. The number of carbonyl (C=O) groups excluding carboxylic acids is 2. The number of hydrogen-bond acceptors (Lipinski definition) is 5. The minimum absolute atomic E-state index is 0.00956. The maximum atomic E-state index is 13.5. The minimum Gasteiger partial charge on any atom is -0.394 e. The summed E-state index contributed by atoms with van der Waals surface area (Å²) in [4.78, 5) is 29.7. The highest BCUT2D eigenvalue weighted by atomic mass is 16.5. The van der Waals surface area contributed by atoms with Crippen molar-refractivity contribution >= 4 is 17.5 Å². The first-order chi connectivity index (χ1) is 16.5. The molecule has 2 aromatic rings. The molecule has 0 spiro atoms. The molecule has 2 amide bonds. The van der Waals surface area contributed by atoms with E-state index in [0.717, 1.165) is 41.6 Å². The van der Waals surface area contributed by atoms with Gasteiger partial charge >= 0.3 is 0 Å². The number of aliphatic hydroxyl groups is 1. The van der Waals surface area contributed by atoms with Gasteiger partial charge in [-0.15, -0.1) is 0 Å². The second kappa shape index (κ2) is 9.39. The van der Waals surface area contributed by atoms with E-state index in [4.69, 9.17) is 4.74 Å². The van der Waals surface area contributed by atoms with E-state index in [0.29, 0.717) is 25.3 Å². The maximum Gasteiger partial charge on any atom is 0.253 e. The second-order valence-corrected chi connectivity index (χ2v) is 9.83. The first-order valence-electron chi connectivity index (χ1n) is 12.2. The summed E-state index contributed by atoms with van der Waals surface area (Å²) < 4.78 is 5.47. The highest BCUT2D eigenvalue weighted by molar-refractivity contribution is 5.95. The normalized spacial score (nSPS) is 24.2. The summed E-state index contributed by atoms with van der Waals surface area (Å²) in [7, 11) is 3.50. The summed E-state index contributed by atoms with van der Waals surface area (Å²) in [5, 5.41) is 13.6. The van der Waals surface area contributed by atoms with Crippen LogP contribution >= 0.6 is 0 Å². The molecule has 0 bridgehead atoms. The molecule has 2 aromatic carbocycles. The molecule has 0 unspecified atom stereocenters. The van der Waals surface area contributed by atoms with Crippen molar-refractivity contribution in [2.45, 2.75) is 31.3 Å². The molecule has 3 aliphatic heterocycles. The first-order valence-corrected chi connectivity index (χ1v) is 12.2. The van der Waals surface area contributed by atoms with E-state index < -0.39 is 0 Å². The molecule has 5 rings (SSSR count). The van der Waals surface area contributed by atoms with Crippen LogP contribution in [0.3, 0.4) is 0 Å². The lowest BCUT2D eigenvalue weighted by atomic mass is 9.81. The van der Waals surface area contributed by atoms with Crippen LogP contribution in [-0.4, -0.2) is 73.2 Å². The zero-order valence-electron chi connectivity index (χ0n) is 19.9. The van der Waals surface area contributed by atoms with Crippen molar-refractivity contribution in [1.82, 2.24) is 9.80 Å². The van der Waals surface area contributed by atoms with E-state index in [9.17, 15) is 14.7 Å². The molecular formula is C27H33N3O4. The van der Waals surface area contributed by atoms with Gasteiger partial charge in [-0.3, -0.25) is 9.59 Å². The Morgan fingerprint density at radius 3 is 2.59 bits per heavy atom. The summed E-state index contributed by atoms with van der Waals surface area (Å²) in [5.41, 5.74) is 4.69. The van der Waals surface area contributed by atoms with Crippen LogP contribution in [0.15, 0.2) is 42.5 Å². The summed E-state index contributed by atoms with van der Waals surface area (Å²) in [6.45, 7) is 2.03. The zero-order valence-corrected chi connectivity index (χ0v) is 19.9. The third kappa shape index (κ3) is 4.07. The molecule has 3 aliphatic rings. The Balaban J connectivity index is 1.51. The van der Waals surface area contributed by atoms with Gasteiger partial charge in [0.05, 0.1) is 18.7 Å².